The third kappa shape index (κ3) is 10.2. The Kier molecular flexibility index (Phi) is 12.4. The molecule has 0 aliphatic carbocycles. The highest BCUT2D eigenvalue weighted by Gasteiger charge is 2.31. The van der Waals surface area contributed by atoms with Crippen LogP contribution in [0.25, 0.3) is 0 Å². The minimum Gasteiger partial charge on any atom is -0.484 e. The van der Waals surface area contributed by atoms with Crippen LogP contribution in [0.15, 0.2) is 126 Å². The highest BCUT2D eigenvalue weighted by molar-refractivity contribution is 7.92. The fourth-order valence-electron chi connectivity index (χ4n) is 4.98. The third-order valence-corrected chi connectivity index (χ3v) is 9.83. The molecule has 0 heterocycles. The number of anilines is 1. The molecule has 5 rings (SSSR count). The van der Waals surface area contributed by atoms with Crippen LogP contribution in [0.5, 0.6) is 5.75 Å². The summed E-state index contributed by atoms with van der Waals surface area (Å²) in [5.41, 5.74) is 2.42. The smallest absolute Gasteiger partial charge is 0.261 e. The standard InChI is InChI=1S/C37H31Cl3FN3O5S/c38-28-9-6-26(7-10-28)23-44(35(20-25-4-2-1-3-5-25)37(46)42-22-27-8-11-29(39)21-34(27)40)36(45)24-49-32-16-18-33(19-17-32)50(47,48)43-31-14-12-30(41)13-15-31/h1-19,21,35,43H,20,22-24H2,(H,42,46). The molecule has 258 valence electrons. The van der Waals surface area contributed by atoms with E-state index in [0.717, 1.165) is 23.3 Å². The lowest BCUT2D eigenvalue weighted by atomic mass is 10.0. The summed E-state index contributed by atoms with van der Waals surface area (Å²) in [7, 11) is -3.98. The molecule has 0 aromatic heterocycles. The molecule has 13 heteroatoms. The number of rotatable bonds is 14. The van der Waals surface area contributed by atoms with Crippen LogP contribution in [0.2, 0.25) is 15.1 Å². The largest absolute Gasteiger partial charge is 0.484 e. The maximum absolute atomic E-state index is 14.0. The summed E-state index contributed by atoms with van der Waals surface area (Å²) in [6, 6.07) is 30.7. The molecule has 0 fully saturated rings. The first-order chi connectivity index (χ1) is 24.0. The molecule has 2 amide bonds. The van der Waals surface area contributed by atoms with Gasteiger partial charge >= 0.3 is 0 Å². The molecule has 8 nitrogen and oxygen atoms in total. The molecule has 5 aromatic rings. The molecule has 0 saturated heterocycles. The van der Waals surface area contributed by atoms with Crippen molar-refractivity contribution in [1.82, 2.24) is 10.2 Å². The quantitative estimate of drug-likeness (QED) is 0.120. The van der Waals surface area contributed by atoms with Crippen molar-refractivity contribution in [2.75, 3.05) is 11.3 Å². The highest BCUT2D eigenvalue weighted by atomic mass is 35.5. The van der Waals surface area contributed by atoms with Crippen LogP contribution in [0.1, 0.15) is 16.7 Å². The van der Waals surface area contributed by atoms with Crippen molar-refractivity contribution >= 4 is 62.3 Å². The fourth-order valence-corrected chi connectivity index (χ4v) is 6.64. The van der Waals surface area contributed by atoms with Gasteiger partial charge in [0.25, 0.3) is 15.9 Å². The van der Waals surface area contributed by atoms with Crippen LogP contribution < -0.4 is 14.8 Å². The first kappa shape index (κ1) is 36.7. The van der Waals surface area contributed by atoms with Crippen LogP contribution in [-0.2, 0) is 39.1 Å². The number of carbonyl (C=O) groups is 2. The maximum atomic E-state index is 14.0. The van der Waals surface area contributed by atoms with Crippen LogP contribution in [0.4, 0.5) is 10.1 Å². The van der Waals surface area contributed by atoms with Gasteiger partial charge in [0, 0.05) is 40.3 Å². The summed E-state index contributed by atoms with van der Waals surface area (Å²) in [6.45, 7) is -0.280. The van der Waals surface area contributed by atoms with Gasteiger partial charge in [0.15, 0.2) is 6.61 Å². The molecule has 0 aliphatic heterocycles. The third-order valence-electron chi connectivity index (χ3n) is 7.60. The summed E-state index contributed by atoms with van der Waals surface area (Å²) in [5.74, 6) is -1.17. The van der Waals surface area contributed by atoms with E-state index >= 15 is 0 Å². The second-order valence-corrected chi connectivity index (χ2v) is 14.1. The lowest BCUT2D eigenvalue weighted by molar-refractivity contribution is -0.142. The van der Waals surface area contributed by atoms with E-state index in [1.54, 1.807) is 42.5 Å². The average molecular weight is 755 g/mol. The Bertz CT molecular complexity index is 2030. The number of hydrogen-bond donors (Lipinski definition) is 2. The van der Waals surface area contributed by atoms with Crippen LogP contribution in [0.3, 0.4) is 0 Å². The van der Waals surface area contributed by atoms with Gasteiger partial charge in [0.05, 0.1) is 4.90 Å². The Morgan fingerprint density at radius 3 is 2.10 bits per heavy atom. The molecule has 2 N–H and O–H groups in total. The highest BCUT2D eigenvalue weighted by Crippen LogP contribution is 2.23. The topological polar surface area (TPSA) is 105 Å². The predicted molar refractivity (Wildman–Crippen MR) is 193 cm³/mol. The van der Waals surface area contributed by atoms with Crippen molar-refractivity contribution in [3.05, 3.63) is 159 Å². The number of nitrogens with zero attached hydrogens (tertiary/aromatic N) is 1. The Morgan fingerprint density at radius 1 is 0.780 bits per heavy atom. The average Bonchev–Trinajstić information content (AvgIpc) is 3.10. The molecule has 0 spiro atoms. The Hall–Kier alpha value is -4.61. The molecule has 1 unspecified atom stereocenters. The number of benzene rings is 5. The molecule has 5 aromatic carbocycles. The van der Waals surface area contributed by atoms with E-state index in [9.17, 15) is 22.4 Å². The monoisotopic (exact) mass is 753 g/mol. The van der Waals surface area contributed by atoms with E-state index in [1.165, 1.54) is 41.3 Å². The van der Waals surface area contributed by atoms with Crippen LogP contribution >= 0.6 is 34.8 Å². The number of amides is 2. The second-order valence-electron chi connectivity index (χ2n) is 11.2. The first-order valence-electron chi connectivity index (χ1n) is 15.3. The SMILES string of the molecule is O=C(NCc1ccc(Cl)cc1Cl)C(Cc1ccccc1)N(Cc1ccc(Cl)cc1)C(=O)COc1ccc(S(=O)(=O)Nc2ccc(F)cc2)cc1. The molecule has 1 atom stereocenters. The van der Waals surface area contributed by atoms with Crippen molar-refractivity contribution in [2.24, 2.45) is 0 Å². The van der Waals surface area contributed by atoms with Gasteiger partial charge in [0.1, 0.15) is 17.6 Å². The van der Waals surface area contributed by atoms with Crippen molar-refractivity contribution in [3.8, 4) is 5.75 Å². The fraction of sp³-hybridized carbons (Fsp3) is 0.135. The Morgan fingerprint density at radius 2 is 1.44 bits per heavy atom. The zero-order valence-corrected chi connectivity index (χ0v) is 29.4. The normalized spacial score (nSPS) is 11.8. The van der Waals surface area contributed by atoms with Crippen molar-refractivity contribution in [2.45, 2.75) is 30.4 Å². The number of sulfonamides is 1. The zero-order chi connectivity index (χ0) is 35.7. The summed E-state index contributed by atoms with van der Waals surface area (Å²) < 4.78 is 47.1. The minimum atomic E-state index is -3.98. The van der Waals surface area contributed by atoms with Gasteiger partial charge in [0.2, 0.25) is 5.91 Å². The van der Waals surface area contributed by atoms with Gasteiger partial charge in [-0.05, 0) is 89.5 Å². The van der Waals surface area contributed by atoms with Crippen LogP contribution in [-0.4, -0.2) is 37.8 Å². The van der Waals surface area contributed by atoms with Crippen LogP contribution in [0, 0.1) is 5.82 Å². The summed E-state index contributed by atoms with van der Waals surface area (Å²) in [5, 5.41) is 4.30. The first-order valence-corrected chi connectivity index (χ1v) is 17.9. The van der Waals surface area contributed by atoms with Gasteiger partial charge in [-0.25, -0.2) is 12.8 Å². The number of hydrogen-bond acceptors (Lipinski definition) is 5. The number of halogens is 4. The lowest BCUT2D eigenvalue weighted by Crippen LogP contribution is -2.51. The zero-order valence-electron chi connectivity index (χ0n) is 26.4. The van der Waals surface area contributed by atoms with E-state index < -0.39 is 40.3 Å². The van der Waals surface area contributed by atoms with Crippen molar-refractivity contribution in [3.63, 3.8) is 0 Å². The maximum Gasteiger partial charge on any atom is 0.261 e. The van der Waals surface area contributed by atoms with Gasteiger partial charge in [-0.3, -0.25) is 14.3 Å². The van der Waals surface area contributed by atoms with Crippen molar-refractivity contribution < 1.29 is 27.1 Å². The van der Waals surface area contributed by atoms with Gasteiger partial charge in [-0.2, -0.15) is 0 Å². The molecular weight excluding hydrogens is 724 g/mol. The van der Waals surface area contributed by atoms with Gasteiger partial charge < -0.3 is 15.0 Å². The summed E-state index contributed by atoms with van der Waals surface area (Å²) in [4.78, 5) is 29.3. The summed E-state index contributed by atoms with van der Waals surface area (Å²) >= 11 is 18.5. The van der Waals surface area contributed by atoms with E-state index in [2.05, 4.69) is 10.0 Å². The molecule has 0 radical (unpaired) electrons. The molecular formula is C37H31Cl3FN3O5S. The molecule has 0 bridgehead atoms. The molecule has 0 saturated carbocycles. The van der Waals surface area contributed by atoms with E-state index in [-0.39, 0.29) is 35.8 Å². The number of nitrogens with one attached hydrogen (secondary N) is 2. The molecule has 0 aliphatic rings. The van der Waals surface area contributed by atoms with Gasteiger partial charge in [-0.15, -0.1) is 0 Å². The minimum absolute atomic E-state index is 0.0646. The Labute approximate surface area is 304 Å². The van der Waals surface area contributed by atoms with E-state index in [0.29, 0.717) is 20.6 Å². The van der Waals surface area contributed by atoms with E-state index in [4.69, 9.17) is 39.5 Å². The van der Waals surface area contributed by atoms with E-state index in [1.807, 2.05) is 30.3 Å². The second kappa shape index (κ2) is 16.9. The molecule has 50 heavy (non-hydrogen) atoms. The summed E-state index contributed by atoms with van der Waals surface area (Å²) in [6.07, 6.45) is 0.202. The van der Waals surface area contributed by atoms with Crippen molar-refractivity contribution in [1.29, 1.82) is 0 Å². The number of ether oxygens (including phenoxy) is 1. The Balaban J connectivity index is 1.36. The lowest BCUT2D eigenvalue weighted by Gasteiger charge is -2.31. The predicted octanol–water partition coefficient (Wildman–Crippen LogP) is 7.92. The van der Waals surface area contributed by atoms with Gasteiger partial charge in [-0.1, -0.05) is 83.3 Å². The number of carbonyl (C=O) groups excluding carboxylic acids is 2.